The number of anilines is 1. The Kier molecular flexibility index (Phi) is 5.41. The third-order valence-corrected chi connectivity index (χ3v) is 7.56. The molecular formula is C23H25ClN2O5S. The molecule has 0 aliphatic heterocycles. The smallest absolute Gasteiger partial charge is 0.262 e. The van der Waals surface area contributed by atoms with Crippen molar-refractivity contribution < 1.29 is 22.7 Å². The summed E-state index contributed by atoms with van der Waals surface area (Å²) in [5, 5.41) is 0.998. The number of aryl methyl sites for hydroxylation is 1. The summed E-state index contributed by atoms with van der Waals surface area (Å²) in [6, 6.07) is 6.29. The number of Topliss-reactive ketones (excluding diaryl/α,β-unsaturated/α-hetero) is 1. The fraction of sp³-hybridized carbons (Fsp3) is 0.348. The monoisotopic (exact) mass is 476 g/mol. The summed E-state index contributed by atoms with van der Waals surface area (Å²) in [4.78, 5) is 16.2. The molecule has 0 bridgehead atoms. The molecule has 3 aromatic rings. The number of benzene rings is 2. The molecule has 0 amide bonds. The van der Waals surface area contributed by atoms with Crippen LogP contribution in [0, 0.1) is 12.3 Å². The summed E-state index contributed by atoms with van der Waals surface area (Å²) in [6.45, 7) is 5.82. The van der Waals surface area contributed by atoms with Gasteiger partial charge in [-0.1, -0.05) is 25.4 Å². The predicted molar refractivity (Wildman–Crippen MR) is 125 cm³/mol. The Morgan fingerprint density at radius 2 is 1.75 bits per heavy atom. The number of carbonyl (C=O) groups is 1. The van der Waals surface area contributed by atoms with E-state index in [1.54, 1.807) is 19.1 Å². The highest BCUT2D eigenvalue weighted by Crippen LogP contribution is 2.40. The Balaban J connectivity index is 1.79. The molecule has 1 heterocycles. The van der Waals surface area contributed by atoms with E-state index in [2.05, 4.69) is 23.6 Å². The second-order valence-electron chi connectivity index (χ2n) is 8.88. The molecule has 0 saturated carbocycles. The number of fused-ring (bicyclic) bond motifs is 3. The van der Waals surface area contributed by atoms with Gasteiger partial charge < -0.3 is 14.5 Å². The number of aromatic amines is 1. The molecule has 0 atom stereocenters. The van der Waals surface area contributed by atoms with Crippen molar-refractivity contribution in [2.45, 2.75) is 38.5 Å². The molecule has 0 fully saturated rings. The van der Waals surface area contributed by atoms with Crippen molar-refractivity contribution in [2.24, 2.45) is 5.41 Å². The first kappa shape index (κ1) is 22.5. The van der Waals surface area contributed by atoms with E-state index >= 15 is 0 Å². The summed E-state index contributed by atoms with van der Waals surface area (Å²) in [5.41, 5.74) is 2.73. The van der Waals surface area contributed by atoms with Gasteiger partial charge >= 0.3 is 0 Å². The van der Waals surface area contributed by atoms with Crippen molar-refractivity contribution in [2.75, 3.05) is 18.9 Å². The van der Waals surface area contributed by atoms with E-state index in [0.717, 1.165) is 17.5 Å². The number of carbonyl (C=O) groups excluding carboxylic acids is 1. The molecule has 0 radical (unpaired) electrons. The minimum absolute atomic E-state index is 0.0771. The van der Waals surface area contributed by atoms with Crippen LogP contribution in [-0.4, -0.2) is 33.4 Å². The number of methoxy groups -OCH3 is 2. The highest BCUT2D eigenvalue weighted by Gasteiger charge is 2.34. The van der Waals surface area contributed by atoms with Gasteiger partial charge in [0.05, 0.1) is 29.8 Å². The number of H-pyrrole nitrogens is 1. The topological polar surface area (TPSA) is 97.5 Å². The Bertz CT molecular complexity index is 1360. The average molecular weight is 477 g/mol. The molecule has 1 aliphatic rings. The largest absolute Gasteiger partial charge is 0.495 e. The maximum atomic E-state index is 13.3. The maximum Gasteiger partial charge on any atom is 0.262 e. The van der Waals surface area contributed by atoms with Crippen molar-refractivity contribution in [1.82, 2.24) is 4.98 Å². The lowest BCUT2D eigenvalue weighted by molar-refractivity contribution is 0.0913. The summed E-state index contributed by atoms with van der Waals surface area (Å²) in [5.74, 6) is 0.721. The number of rotatable bonds is 5. The van der Waals surface area contributed by atoms with Gasteiger partial charge in [0, 0.05) is 34.6 Å². The quantitative estimate of drug-likeness (QED) is 0.533. The standard InChI is InChI=1S/C23H25ClN2O5S/c1-12-6-13-15(25-17-10-23(2,3)11-18(27)22(13)17)8-21(12)32(28,29)26-16-7-14(24)19(30-4)9-20(16)31-5/h6-9,25-26H,10-11H2,1-5H3. The van der Waals surface area contributed by atoms with Crippen LogP contribution in [0.25, 0.3) is 10.9 Å². The molecule has 32 heavy (non-hydrogen) atoms. The van der Waals surface area contributed by atoms with Crippen LogP contribution in [0.1, 0.15) is 41.9 Å². The van der Waals surface area contributed by atoms with E-state index in [1.165, 1.54) is 26.4 Å². The van der Waals surface area contributed by atoms with Crippen molar-refractivity contribution >= 4 is 44.0 Å². The Morgan fingerprint density at radius 3 is 2.41 bits per heavy atom. The van der Waals surface area contributed by atoms with Gasteiger partial charge in [0.1, 0.15) is 11.5 Å². The molecular weight excluding hydrogens is 452 g/mol. The van der Waals surface area contributed by atoms with Crippen LogP contribution in [0.15, 0.2) is 29.2 Å². The van der Waals surface area contributed by atoms with Crippen molar-refractivity contribution in [3.63, 3.8) is 0 Å². The maximum absolute atomic E-state index is 13.3. The van der Waals surface area contributed by atoms with Crippen LogP contribution in [0.2, 0.25) is 5.02 Å². The molecule has 4 rings (SSSR count). The molecule has 0 unspecified atom stereocenters. The highest BCUT2D eigenvalue weighted by atomic mass is 35.5. The molecule has 0 spiro atoms. The number of ketones is 1. The molecule has 2 aromatic carbocycles. The Labute approximate surface area is 192 Å². The Hall–Kier alpha value is -2.71. The first-order valence-corrected chi connectivity index (χ1v) is 11.9. The van der Waals surface area contributed by atoms with Crippen LogP contribution < -0.4 is 14.2 Å². The SMILES string of the molecule is COc1cc(OC)c(NS(=O)(=O)c2cc3[nH]c4c(c3cc2C)C(=O)CC(C)(C)C4)cc1Cl. The second kappa shape index (κ2) is 7.71. The van der Waals surface area contributed by atoms with E-state index in [0.29, 0.717) is 28.8 Å². The molecule has 0 saturated heterocycles. The highest BCUT2D eigenvalue weighted by molar-refractivity contribution is 7.92. The van der Waals surface area contributed by atoms with Gasteiger partial charge in [-0.25, -0.2) is 8.42 Å². The van der Waals surface area contributed by atoms with Crippen molar-refractivity contribution in [3.8, 4) is 11.5 Å². The van der Waals surface area contributed by atoms with E-state index < -0.39 is 10.0 Å². The van der Waals surface area contributed by atoms with Gasteiger partial charge in [-0.2, -0.15) is 0 Å². The fourth-order valence-corrected chi connectivity index (χ4v) is 5.89. The molecule has 1 aliphatic carbocycles. The third kappa shape index (κ3) is 3.82. The van der Waals surface area contributed by atoms with Gasteiger partial charge in [-0.3, -0.25) is 9.52 Å². The number of sulfonamides is 1. The molecule has 2 N–H and O–H groups in total. The molecule has 1 aromatic heterocycles. The number of halogens is 1. The zero-order chi connectivity index (χ0) is 23.4. The van der Waals surface area contributed by atoms with Gasteiger partial charge in [0.2, 0.25) is 0 Å². The van der Waals surface area contributed by atoms with E-state index in [9.17, 15) is 13.2 Å². The number of hydrogen-bond donors (Lipinski definition) is 2. The number of nitrogens with one attached hydrogen (secondary N) is 2. The second-order valence-corrected chi connectivity index (χ2v) is 10.9. The van der Waals surface area contributed by atoms with Crippen LogP contribution in [0.5, 0.6) is 11.5 Å². The number of hydrogen-bond acceptors (Lipinski definition) is 5. The molecule has 170 valence electrons. The number of aromatic nitrogens is 1. The summed E-state index contributed by atoms with van der Waals surface area (Å²) in [7, 11) is -1.08. The zero-order valence-electron chi connectivity index (χ0n) is 18.6. The van der Waals surface area contributed by atoms with Crippen molar-refractivity contribution in [1.29, 1.82) is 0 Å². The predicted octanol–water partition coefficient (Wildman–Crippen LogP) is 5.10. The van der Waals surface area contributed by atoms with Gasteiger partial charge in [0.15, 0.2) is 5.78 Å². The average Bonchev–Trinajstić information content (AvgIpc) is 3.03. The van der Waals surface area contributed by atoms with Gasteiger partial charge in [0.25, 0.3) is 10.0 Å². The first-order valence-electron chi connectivity index (χ1n) is 10.1. The van der Waals surface area contributed by atoms with Crippen molar-refractivity contribution in [3.05, 3.63) is 46.1 Å². The minimum atomic E-state index is -3.98. The molecule has 9 heteroatoms. The summed E-state index contributed by atoms with van der Waals surface area (Å²) in [6.07, 6.45) is 1.19. The lowest BCUT2D eigenvalue weighted by atomic mass is 9.76. The fourth-order valence-electron chi connectivity index (χ4n) is 4.33. The van der Waals surface area contributed by atoms with Gasteiger partial charge in [-0.05, 0) is 42.5 Å². The summed E-state index contributed by atoms with van der Waals surface area (Å²) < 4.78 is 39.6. The minimum Gasteiger partial charge on any atom is -0.495 e. The Morgan fingerprint density at radius 1 is 1.06 bits per heavy atom. The van der Waals surface area contributed by atoms with Crippen LogP contribution >= 0.6 is 11.6 Å². The first-order chi connectivity index (χ1) is 15.0. The van der Waals surface area contributed by atoms with Crippen LogP contribution in [0.3, 0.4) is 0 Å². The van der Waals surface area contributed by atoms with Crippen LogP contribution in [-0.2, 0) is 16.4 Å². The lowest BCUT2D eigenvalue weighted by Crippen LogP contribution is -2.26. The number of ether oxygens (including phenoxy) is 2. The van der Waals surface area contributed by atoms with E-state index in [1.807, 2.05) is 0 Å². The molecule has 7 nitrogen and oxygen atoms in total. The van der Waals surface area contributed by atoms with E-state index in [4.69, 9.17) is 21.1 Å². The third-order valence-electron chi connectivity index (χ3n) is 5.75. The lowest BCUT2D eigenvalue weighted by Gasteiger charge is -2.28. The van der Waals surface area contributed by atoms with Gasteiger partial charge in [-0.15, -0.1) is 0 Å². The van der Waals surface area contributed by atoms with Crippen LogP contribution in [0.4, 0.5) is 5.69 Å². The van der Waals surface area contributed by atoms with E-state index in [-0.39, 0.29) is 32.6 Å². The normalized spacial score (nSPS) is 15.5. The zero-order valence-corrected chi connectivity index (χ0v) is 20.1. The summed E-state index contributed by atoms with van der Waals surface area (Å²) >= 11 is 6.19.